The monoisotopic (exact) mass is 275 g/mol. The molecule has 1 saturated carbocycles. The molecule has 1 N–H and O–H groups in total. The molecule has 0 amide bonds. The second-order valence-electron chi connectivity index (χ2n) is 5.16. The molecule has 19 heavy (non-hydrogen) atoms. The molecule has 4 rings (SSSR count). The van der Waals surface area contributed by atoms with Gasteiger partial charge in [0.2, 0.25) is 0 Å². The summed E-state index contributed by atoms with van der Waals surface area (Å²) in [6.07, 6.45) is 4.49. The van der Waals surface area contributed by atoms with E-state index >= 15 is 0 Å². The first-order valence-electron chi connectivity index (χ1n) is 6.83. The van der Waals surface area contributed by atoms with Gasteiger partial charge in [-0.3, -0.25) is 0 Å². The van der Waals surface area contributed by atoms with Crippen LogP contribution in [0.4, 0.5) is 5.69 Å². The average Bonchev–Trinajstić information content (AvgIpc) is 3.14. The topological polar surface area (TPSA) is 41.2 Å². The van der Waals surface area contributed by atoms with Crippen molar-refractivity contribution in [2.24, 2.45) is 0 Å². The zero-order chi connectivity index (χ0) is 12.7. The van der Waals surface area contributed by atoms with E-state index in [2.05, 4.69) is 44.8 Å². The highest BCUT2D eigenvalue weighted by Gasteiger charge is 2.31. The first-order valence-corrected chi connectivity index (χ1v) is 7.77. The van der Waals surface area contributed by atoms with Gasteiger partial charge in [0, 0.05) is 17.5 Å². The normalized spacial score (nSPS) is 24.0. The van der Waals surface area contributed by atoms with Gasteiger partial charge in [-0.25, -0.2) is 4.98 Å². The predicted molar refractivity (Wildman–Crippen MR) is 78.7 cm³/mol. The van der Waals surface area contributed by atoms with Gasteiger partial charge in [0.15, 0.2) is 0 Å². The van der Waals surface area contributed by atoms with E-state index in [1.54, 1.807) is 6.33 Å². The van der Waals surface area contributed by atoms with Crippen molar-refractivity contribution in [1.82, 2.24) is 9.97 Å². The third kappa shape index (κ3) is 2.32. The molecule has 2 fully saturated rings. The van der Waals surface area contributed by atoms with Crippen molar-refractivity contribution >= 4 is 28.5 Å². The first-order chi connectivity index (χ1) is 9.40. The summed E-state index contributed by atoms with van der Waals surface area (Å²) >= 11 is 2.07. The molecule has 2 aromatic rings. The summed E-state index contributed by atoms with van der Waals surface area (Å²) in [5.41, 5.74) is 3.42. The third-order valence-electron chi connectivity index (χ3n) is 3.69. The minimum atomic E-state index is 0.460. The van der Waals surface area contributed by atoms with Crippen LogP contribution in [0.2, 0.25) is 0 Å². The number of aromatic amines is 1. The van der Waals surface area contributed by atoms with Gasteiger partial charge in [-0.15, -0.1) is 11.8 Å². The number of anilines is 1. The van der Waals surface area contributed by atoms with E-state index in [4.69, 9.17) is 4.74 Å². The Kier molecular flexibility index (Phi) is 2.89. The van der Waals surface area contributed by atoms with Crippen LogP contribution in [-0.2, 0) is 4.74 Å². The molecule has 1 saturated heterocycles. The molecular formula is C14H17N3OS. The molecule has 1 aliphatic carbocycles. The van der Waals surface area contributed by atoms with Crippen LogP contribution in [0.15, 0.2) is 24.5 Å². The van der Waals surface area contributed by atoms with Crippen molar-refractivity contribution in [3.8, 4) is 0 Å². The number of hydrogen-bond donors (Lipinski definition) is 1. The van der Waals surface area contributed by atoms with E-state index in [1.807, 2.05) is 0 Å². The Hall–Kier alpha value is -1.20. The predicted octanol–water partition coefficient (Wildman–Crippen LogP) is 2.62. The Morgan fingerprint density at radius 1 is 1.37 bits per heavy atom. The zero-order valence-corrected chi connectivity index (χ0v) is 11.5. The summed E-state index contributed by atoms with van der Waals surface area (Å²) in [5.74, 6) is 0. The Labute approximate surface area is 116 Å². The molecular weight excluding hydrogens is 258 g/mol. The molecule has 5 heteroatoms. The van der Waals surface area contributed by atoms with E-state index in [9.17, 15) is 0 Å². The standard InChI is InChI=1S/C14H17N3OS/c1-4-12-13(16-9-15-12)7-10(1)17-5-6-18-8-14(17)19-11-2-3-11/h1,4,7,9,11,14H,2-3,5-6,8H2,(H,15,16). The number of aromatic nitrogens is 2. The molecule has 1 unspecified atom stereocenters. The minimum Gasteiger partial charge on any atom is -0.377 e. The number of hydrogen-bond acceptors (Lipinski definition) is 4. The van der Waals surface area contributed by atoms with Crippen LogP contribution in [0.3, 0.4) is 0 Å². The fourth-order valence-electron chi connectivity index (χ4n) is 2.52. The summed E-state index contributed by atoms with van der Waals surface area (Å²) in [7, 11) is 0. The number of nitrogens with one attached hydrogen (secondary N) is 1. The van der Waals surface area contributed by atoms with Crippen LogP contribution in [-0.4, -0.2) is 40.4 Å². The Balaban J connectivity index is 1.62. The van der Waals surface area contributed by atoms with Gasteiger partial charge < -0.3 is 14.6 Å². The first kappa shape index (κ1) is 11.6. The van der Waals surface area contributed by atoms with Gasteiger partial charge in [0.05, 0.1) is 35.9 Å². The summed E-state index contributed by atoms with van der Waals surface area (Å²) in [6.45, 7) is 2.63. The average molecular weight is 275 g/mol. The van der Waals surface area contributed by atoms with Gasteiger partial charge in [-0.1, -0.05) is 0 Å². The van der Waals surface area contributed by atoms with Crippen molar-refractivity contribution in [1.29, 1.82) is 0 Å². The van der Waals surface area contributed by atoms with Crippen LogP contribution in [0.5, 0.6) is 0 Å². The molecule has 100 valence electrons. The van der Waals surface area contributed by atoms with E-state index in [0.29, 0.717) is 5.37 Å². The molecule has 0 bridgehead atoms. The van der Waals surface area contributed by atoms with Crippen molar-refractivity contribution in [2.45, 2.75) is 23.5 Å². The highest BCUT2D eigenvalue weighted by molar-refractivity contribution is 8.00. The summed E-state index contributed by atoms with van der Waals surface area (Å²) in [4.78, 5) is 9.95. The quantitative estimate of drug-likeness (QED) is 0.935. The number of imidazole rings is 1. The highest BCUT2D eigenvalue weighted by atomic mass is 32.2. The lowest BCUT2D eigenvalue weighted by Crippen LogP contribution is -2.43. The number of fused-ring (bicyclic) bond motifs is 1. The Morgan fingerprint density at radius 3 is 3.21 bits per heavy atom. The van der Waals surface area contributed by atoms with E-state index in [1.165, 1.54) is 18.5 Å². The van der Waals surface area contributed by atoms with Gasteiger partial charge in [0.25, 0.3) is 0 Å². The Morgan fingerprint density at radius 2 is 2.32 bits per heavy atom. The van der Waals surface area contributed by atoms with E-state index < -0.39 is 0 Å². The minimum absolute atomic E-state index is 0.460. The van der Waals surface area contributed by atoms with Crippen LogP contribution >= 0.6 is 11.8 Å². The van der Waals surface area contributed by atoms with Crippen molar-refractivity contribution < 1.29 is 4.74 Å². The molecule has 0 radical (unpaired) electrons. The van der Waals surface area contributed by atoms with Gasteiger partial charge in [-0.05, 0) is 31.0 Å². The van der Waals surface area contributed by atoms with Crippen LogP contribution < -0.4 is 4.90 Å². The van der Waals surface area contributed by atoms with Crippen molar-refractivity contribution in [3.05, 3.63) is 24.5 Å². The van der Waals surface area contributed by atoms with E-state index in [-0.39, 0.29) is 0 Å². The van der Waals surface area contributed by atoms with Gasteiger partial charge in [-0.2, -0.15) is 0 Å². The second kappa shape index (κ2) is 4.72. The summed E-state index contributed by atoms with van der Waals surface area (Å²) in [6, 6.07) is 6.47. The smallest absolute Gasteiger partial charge is 0.0987 e. The maximum absolute atomic E-state index is 5.65. The largest absolute Gasteiger partial charge is 0.377 e. The van der Waals surface area contributed by atoms with E-state index in [0.717, 1.165) is 36.0 Å². The zero-order valence-electron chi connectivity index (χ0n) is 10.7. The van der Waals surface area contributed by atoms with Crippen molar-refractivity contribution in [3.63, 3.8) is 0 Å². The highest BCUT2D eigenvalue weighted by Crippen LogP contribution is 2.40. The third-order valence-corrected chi connectivity index (χ3v) is 5.25. The number of thioether (sulfide) groups is 1. The van der Waals surface area contributed by atoms with Gasteiger partial charge >= 0.3 is 0 Å². The SMILES string of the molecule is c1nc2ccc(N3CCOCC3SC3CC3)cc2[nH]1. The summed E-state index contributed by atoms with van der Waals surface area (Å²) < 4.78 is 5.65. The fraction of sp³-hybridized carbons (Fsp3) is 0.500. The number of ether oxygens (including phenoxy) is 1. The molecule has 0 spiro atoms. The van der Waals surface area contributed by atoms with Crippen LogP contribution in [0, 0.1) is 0 Å². The molecule has 2 aliphatic rings. The lowest BCUT2D eigenvalue weighted by molar-refractivity contribution is 0.115. The lowest BCUT2D eigenvalue weighted by Gasteiger charge is -2.37. The number of benzene rings is 1. The molecule has 1 aromatic carbocycles. The number of H-pyrrole nitrogens is 1. The molecule has 4 nitrogen and oxygen atoms in total. The fourth-order valence-corrected chi connectivity index (χ4v) is 3.92. The molecule has 2 heterocycles. The Bertz CT molecular complexity index is 581. The van der Waals surface area contributed by atoms with Crippen LogP contribution in [0.1, 0.15) is 12.8 Å². The molecule has 1 atom stereocenters. The number of nitrogens with zero attached hydrogens (tertiary/aromatic N) is 2. The summed E-state index contributed by atoms with van der Waals surface area (Å²) in [5, 5.41) is 1.31. The van der Waals surface area contributed by atoms with Crippen LogP contribution in [0.25, 0.3) is 11.0 Å². The molecule has 1 aliphatic heterocycles. The maximum atomic E-state index is 5.65. The number of rotatable bonds is 3. The maximum Gasteiger partial charge on any atom is 0.0987 e. The number of morpholine rings is 1. The van der Waals surface area contributed by atoms with Gasteiger partial charge in [0.1, 0.15) is 0 Å². The lowest BCUT2D eigenvalue weighted by atomic mass is 10.2. The molecule has 1 aromatic heterocycles. The second-order valence-corrected chi connectivity index (χ2v) is 6.65. The van der Waals surface area contributed by atoms with Crippen molar-refractivity contribution in [2.75, 3.05) is 24.7 Å².